The molecule has 2 rings (SSSR count). The van der Waals surface area contributed by atoms with Crippen LogP contribution in [0.2, 0.25) is 0 Å². The minimum atomic E-state index is 0.623. The number of hydrogen-bond donors (Lipinski definition) is 2. The normalized spacial score (nSPS) is 10.2. The van der Waals surface area contributed by atoms with E-state index in [1.807, 2.05) is 44.4 Å². The molecule has 4 N–H and O–H groups in total. The predicted molar refractivity (Wildman–Crippen MR) is 75.0 cm³/mol. The summed E-state index contributed by atoms with van der Waals surface area (Å²) >= 11 is 0. The van der Waals surface area contributed by atoms with Crippen LogP contribution in [-0.4, -0.2) is 14.1 Å². The number of hydrogen-bond acceptors (Lipinski definition) is 3. The van der Waals surface area contributed by atoms with Crippen molar-refractivity contribution in [2.24, 2.45) is 0 Å². The predicted octanol–water partition coefficient (Wildman–Crippen LogP) is 2.58. The lowest BCUT2D eigenvalue weighted by Crippen LogP contribution is -2.08. The average Bonchev–Trinajstić information content (AvgIpc) is 2.33. The van der Waals surface area contributed by atoms with Crippen molar-refractivity contribution in [1.82, 2.24) is 0 Å². The first kappa shape index (κ1) is 11.3. The zero-order valence-electron chi connectivity index (χ0n) is 10.1. The van der Waals surface area contributed by atoms with Gasteiger partial charge in [0.25, 0.3) is 0 Å². The van der Waals surface area contributed by atoms with E-state index < -0.39 is 0 Å². The third-order valence-corrected chi connectivity index (χ3v) is 2.81. The van der Waals surface area contributed by atoms with Crippen molar-refractivity contribution in [3.63, 3.8) is 0 Å². The van der Waals surface area contributed by atoms with Gasteiger partial charge >= 0.3 is 0 Å². The maximum absolute atomic E-state index is 6.00. The molecule has 2 aromatic carbocycles. The van der Waals surface area contributed by atoms with E-state index in [2.05, 4.69) is 17.0 Å². The zero-order valence-corrected chi connectivity index (χ0v) is 10.1. The van der Waals surface area contributed by atoms with Gasteiger partial charge in [-0.2, -0.15) is 0 Å². The van der Waals surface area contributed by atoms with Gasteiger partial charge < -0.3 is 16.4 Å². The van der Waals surface area contributed by atoms with Gasteiger partial charge in [0.1, 0.15) is 0 Å². The van der Waals surface area contributed by atoms with E-state index in [1.54, 1.807) is 0 Å². The molecule has 0 unspecified atom stereocenters. The number of nitrogen functional groups attached to an aromatic ring is 2. The fourth-order valence-corrected chi connectivity index (χ4v) is 1.79. The SMILES string of the molecule is CN(C)c1cccc(-c2cccc(N)c2N)c1. The van der Waals surface area contributed by atoms with Crippen LogP contribution >= 0.6 is 0 Å². The van der Waals surface area contributed by atoms with Crippen LogP contribution in [0, 0.1) is 0 Å². The van der Waals surface area contributed by atoms with Gasteiger partial charge in [0.2, 0.25) is 0 Å². The quantitative estimate of drug-likeness (QED) is 0.775. The Balaban J connectivity index is 2.53. The molecule has 0 aliphatic carbocycles. The molecule has 0 fully saturated rings. The second kappa shape index (κ2) is 4.37. The molecule has 0 bridgehead atoms. The smallest absolute Gasteiger partial charge is 0.0627 e. The largest absolute Gasteiger partial charge is 0.397 e. The number of nitrogens with two attached hydrogens (primary N) is 2. The van der Waals surface area contributed by atoms with Gasteiger partial charge in [-0.05, 0) is 23.8 Å². The number of benzene rings is 2. The van der Waals surface area contributed by atoms with Crippen LogP contribution < -0.4 is 16.4 Å². The second-order valence-corrected chi connectivity index (χ2v) is 4.25. The monoisotopic (exact) mass is 227 g/mol. The highest BCUT2D eigenvalue weighted by Crippen LogP contribution is 2.31. The first-order chi connectivity index (χ1) is 8.09. The van der Waals surface area contributed by atoms with Crippen molar-refractivity contribution in [3.05, 3.63) is 42.5 Å². The van der Waals surface area contributed by atoms with Crippen molar-refractivity contribution >= 4 is 17.1 Å². The molecule has 17 heavy (non-hydrogen) atoms. The van der Waals surface area contributed by atoms with Gasteiger partial charge in [0.05, 0.1) is 11.4 Å². The fraction of sp³-hybridized carbons (Fsp3) is 0.143. The van der Waals surface area contributed by atoms with Crippen molar-refractivity contribution in [1.29, 1.82) is 0 Å². The van der Waals surface area contributed by atoms with Gasteiger partial charge in [0, 0.05) is 25.3 Å². The highest BCUT2D eigenvalue weighted by Gasteiger charge is 2.06. The van der Waals surface area contributed by atoms with Gasteiger partial charge in [-0.3, -0.25) is 0 Å². The van der Waals surface area contributed by atoms with E-state index in [9.17, 15) is 0 Å². The molecule has 0 saturated carbocycles. The molecule has 0 radical (unpaired) electrons. The average molecular weight is 227 g/mol. The zero-order chi connectivity index (χ0) is 12.4. The van der Waals surface area contributed by atoms with Gasteiger partial charge in [-0.15, -0.1) is 0 Å². The molecule has 2 aromatic rings. The Hall–Kier alpha value is -2.16. The Morgan fingerprint density at radius 1 is 0.941 bits per heavy atom. The lowest BCUT2D eigenvalue weighted by atomic mass is 10.0. The summed E-state index contributed by atoms with van der Waals surface area (Å²) in [5.41, 5.74) is 16.3. The molecule has 0 spiro atoms. The van der Waals surface area contributed by atoms with Crippen molar-refractivity contribution in [2.45, 2.75) is 0 Å². The first-order valence-electron chi connectivity index (χ1n) is 5.51. The number of rotatable bonds is 2. The summed E-state index contributed by atoms with van der Waals surface area (Å²) in [6, 6.07) is 13.9. The standard InChI is InChI=1S/C14H17N3/c1-17(2)11-6-3-5-10(9-11)12-7-4-8-13(15)14(12)16/h3-9H,15-16H2,1-2H3. The minimum Gasteiger partial charge on any atom is -0.397 e. The van der Waals surface area contributed by atoms with E-state index in [0.29, 0.717) is 11.4 Å². The summed E-state index contributed by atoms with van der Waals surface area (Å²) in [4.78, 5) is 2.06. The summed E-state index contributed by atoms with van der Waals surface area (Å²) in [6.07, 6.45) is 0. The Morgan fingerprint density at radius 3 is 2.35 bits per heavy atom. The number of para-hydroxylation sites is 1. The molecule has 0 saturated heterocycles. The number of anilines is 3. The molecule has 3 nitrogen and oxygen atoms in total. The van der Waals surface area contributed by atoms with Crippen LogP contribution in [0.5, 0.6) is 0 Å². The van der Waals surface area contributed by atoms with Crippen molar-refractivity contribution < 1.29 is 0 Å². The van der Waals surface area contributed by atoms with Crippen molar-refractivity contribution in [2.75, 3.05) is 30.5 Å². The Kier molecular flexibility index (Phi) is 2.91. The fourth-order valence-electron chi connectivity index (χ4n) is 1.79. The highest BCUT2D eigenvalue weighted by molar-refractivity contribution is 5.85. The van der Waals surface area contributed by atoms with E-state index in [0.717, 1.165) is 16.8 Å². The maximum Gasteiger partial charge on any atom is 0.0627 e. The van der Waals surface area contributed by atoms with E-state index in [1.165, 1.54) is 0 Å². The molecule has 0 aromatic heterocycles. The Labute approximate surface area is 102 Å². The lowest BCUT2D eigenvalue weighted by Gasteiger charge is -2.14. The Bertz CT molecular complexity index is 533. The van der Waals surface area contributed by atoms with Crippen LogP contribution in [0.15, 0.2) is 42.5 Å². The number of nitrogens with zero attached hydrogens (tertiary/aromatic N) is 1. The highest BCUT2D eigenvalue weighted by atomic mass is 15.1. The summed E-state index contributed by atoms with van der Waals surface area (Å²) in [6.45, 7) is 0. The van der Waals surface area contributed by atoms with Crippen LogP contribution in [-0.2, 0) is 0 Å². The minimum absolute atomic E-state index is 0.623. The third-order valence-electron chi connectivity index (χ3n) is 2.81. The second-order valence-electron chi connectivity index (χ2n) is 4.25. The molecule has 0 aliphatic rings. The van der Waals surface area contributed by atoms with Crippen LogP contribution in [0.25, 0.3) is 11.1 Å². The van der Waals surface area contributed by atoms with Gasteiger partial charge in [-0.25, -0.2) is 0 Å². The molecule has 88 valence electrons. The molecule has 3 heteroatoms. The molecule has 0 heterocycles. The Morgan fingerprint density at radius 2 is 1.65 bits per heavy atom. The molecule has 0 amide bonds. The van der Waals surface area contributed by atoms with Gasteiger partial charge in [-0.1, -0.05) is 24.3 Å². The summed E-state index contributed by atoms with van der Waals surface area (Å²) < 4.78 is 0. The summed E-state index contributed by atoms with van der Waals surface area (Å²) in [5, 5.41) is 0. The molecule has 0 atom stereocenters. The topological polar surface area (TPSA) is 55.3 Å². The summed E-state index contributed by atoms with van der Waals surface area (Å²) in [7, 11) is 4.03. The van der Waals surface area contributed by atoms with Crippen LogP contribution in [0.1, 0.15) is 0 Å². The van der Waals surface area contributed by atoms with Crippen molar-refractivity contribution in [3.8, 4) is 11.1 Å². The van der Waals surface area contributed by atoms with E-state index >= 15 is 0 Å². The first-order valence-corrected chi connectivity index (χ1v) is 5.51. The lowest BCUT2D eigenvalue weighted by molar-refractivity contribution is 1.13. The third kappa shape index (κ3) is 2.18. The van der Waals surface area contributed by atoms with Crippen LogP contribution in [0.4, 0.5) is 17.1 Å². The maximum atomic E-state index is 6.00. The van der Waals surface area contributed by atoms with E-state index in [4.69, 9.17) is 11.5 Å². The molecular formula is C14H17N3. The summed E-state index contributed by atoms with van der Waals surface area (Å²) in [5.74, 6) is 0. The van der Waals surface area contributed by atoms with Crippen LogP contribution in [0.3, 0.4) is 0 Å². The molecular weight excluding hydrogens is 210 g/mol. The van der Waals surface area contributed by atoms with Gasteiger partial charge in [0.15, 0.2) is 0 Å². The molecule has 0 aliphatic heterocycles. The van der Waals surface area contributed by atoms with E-state index in [-0.39, 0.29) is 0 Å².